The summed E-state index contributed by atoms with van der Waals surface area (Å²) in [7, 11) is 0. The lowest BCUT2D eigenvalue weighted by Gasteiger charge is -2.16. The van der Waals surface area contributed by atoms with Crippen LogP contribution in [0.25, 0.3) is 0 Å². The Balaban J connectivity index is 2.53. The third kappa shape index (κ3) is 2.00. The van der Waals surface area contributed by atoms with E-state index in [1.165, 1.54) is 6.26 Å². The standard InChI is InChI=1S/C12H11F3N2O/c1-6-4-5-18-12(6)11(17-16)7-2-3-8(13)10(15)9(7)14/h2-5,11,17H,16H2,1H3. The van der Waals surface area contributed by atoms with Crippen LogP contribution >= 0.6 is 0 Å². The van der Waals surface area contributed by atoms with Gasteiger partial charge in [0.2, 0.25) is 0 Å². The predicted molar refractivity (Wildman–Crippen MR) is 58.9 cm³/mol. The highest BCUT2D eigenvalue weighted by Gasteiger charge is 2.24. The van der Waals surface area contributed by atoms with Gasteiger partial charge in [0.1, 0.15) is 11.8 Å². The third-order valence-electron chi connectivity index (χ3n) is 2.71. The van der Waals surface area contributed by atoms with E-state index in [0.29, 0.717) is 5.76 Å². The lowest BCUT2D eigenvalue weighted by molar-refractivity contribution is 0.410. The molecule has 1 aromatic carbocycles. The summed E-state index contributed by atoms with van der Waals surface area (Å²) < 4.78 is 44.9. The smallest absolute Gasteiger partial charge is 0.194 e. The molecule has 3 N–H and O–H groups in total. The molecule has 96 valence electrons. The van der Waals surface area contributed by atoms with E-state index in [0.717, 1.165) is 17.7 Å². The predicted octanol–water partition coefficient (Wildman–Crippen LogP) is 2.56. The van der Waals surface area contributed by atoms with Crippen molar-refractivity contribution in [3.05, 3.63) is 58.8 Å². The largest absolute Gasteiger partial charge is 0.467 e. The van der Waals surface area contributed by atoms with Crippen LogP contribution in [-0.2, 0) is 0 Å². The molecule has 0 saturated heterocycles. The molecular formula is C12H11F3N2O. The molecule has 0 spiro atoms. The van der Waals surface area contributed by atoms with E-state index >= 15 is 0 Å². The van der Waals surface area contributed by atoms with Crippen LogP contribution in [0.1, 0.15) is 22.9 Å². The summed E-state index contributed by atoms with van der Waals surface area (Å²) in [5.74, 6) is 1.62. The van der Waals surface area contributed by atoms with Gasteiger partial charge in [0.05, 0.1) is 6.26 Å². The second-order valence-corrected chi connectivity index (χ2v) is 3.83. The maximum absolute atomic E-state index is 13.7. The van der Waals surface area contributed by atoms with Gasteiger partial charge in [-0.05, 0) is 24.6 Å². The summed E-state index contributed by atoms with van der Waals surface area (Å²) in [5.41, 5.74) is 2.93. The molecule has 0 aliphatic carbocycles. The van der Waals surface area contributed by atoms with Crippen LogP contribution in [0.4, 0.5) is 13.2 Å². The Labute approximate surface area is 101 Å². The molecule has 2 rings (SSSR count). The average Bonchev–Trinajstić information content (AvgIpc) is 2.77. The molecular weight excluding hydrogens is 245 g/mol. The monoisotopic (exact) mass is 256 g/mol. The van der Waals surface area contributed by atoms with Gasteiger partial charge in [0, 0.05) is 5.56 Å². The number of aryl methyl sites for hydroxylation is 1. The highest BCUT2D eigenvalue weighted by Crippen LogP contribution is 2.28. The molecule has 1 atom stereocenters. The zero-order chi connectivity index (χ0) is 13.3. The van der Waals surface area contributed by atoms with E-state index in [-0.39, 0.29) is 5.56 Å². The number of hydrogen-bond donors (Lipinski definition) is 2. The molecule has 6 heteroatoms. The Morgan fingerprint density at radius 3 is 2.44 bits per heavy atom. The lowest BCUT2D eigenvalue weighted by Crippen LogP contribution is -2.30. The van der Waals surface area contributed by atoms with E-state index in [4.69, 9.17) is 10.3 Å². The Morgan fingerprint density at radius 2 is 1.89 bits per heavy atom. The summed E-state index contributed by atoms with van der Waals surface area (Å²) in [6, 6.07) is 2.75. The van der Waals surface area contributed by atoms with E-state index in [9.17, 15) is 13.2 Å². The molecule has 0 radical (unpaired) electrons. The summed E-state index contributed by atoms with van der Waals surface area (Å²) in [6.07, 6.45) is 1.41. The van der Waals surface area contributed by atoms with Crippen molar-refractivity contribution < 1.29 is 17.6 Å². The average molecular weight is 256 g/mol. The van der Waals surface area contributed by atoms with E-state index in [1.807, 2.05) is 0 Å². The van der Waals surface area contributed by atoms with Crippen molar-refractivity contribution in [2.75, 3.05) is 0 Å². The summed E-state index contributed by atoms with van der Waals surface area (Å²) in [5, 5.41) is 0. The van der Waals surface area contributed by atoms with Crippen LogP contribution in [0.5, 0.6) is 0 Å². The molecule has 1 aromatic heterocycles. The van der Waals surface area contributed by atoms with Crippen molar-refractivity contribution in [1.29, 1.82) is 0 Å². The number of nitrogens with two attached hydrogens (primary N) is 1. The van der Waals surface area contributed by atoms with Crippen LogP contribution in [0, 0.1) is 24.4 Å². The Morgan fingerprint density at radius 1 is 1.17 bits per heavy atom. The van der Waals surface area contributed by atoms with Gasteiger partial charge in [-0.2, -0.15) is 0 Å². The zero-order valence-corrected chi connectivity index (χ0v) is 9.51. The minimum atomic E-state index is -1.53. The molecule has 0 bridgehead atoms. The molecule has 0 aliphatic rings. The zero-order valence-electron chi connectivity index (χ0n) is 9.51. The lowest BCUT2D eigenvalue weighted by atomic mass is 10.0. The second kappa shape index (κ2) is 4.83. The molecule has 0 fully saturated rings. The second-order valence-electron chi connectivity index (χ2n) is 3.83. The Bertz CT molecular complexity index is 568. The van der Waals surface area contributed by atoms with Gasteiger partial charge in [0.15, 0.2) is 17.5 Å². The number of halogens is 3. The topological polar surface area (TPSA) is 51.2 Å². The number of furan rings is 1. The van der Waals surface area contributed by atoms with Gasteiger partial charge in [-0.25, -0.2) is 18.6 Å². The van der Waals surface area contributed by atoms with Crippen molar-refractivity contribution in [1.82, 2.24) is 5.43 Å². The first-order chi connectivity index (χ1) is 8.56. The molecule has 0 aliphatic heterocycles. The number of rotatable bonds is 3. The highest BCUT2D eigenvalue weighted by molar-refractivity contribution is 5.32. The minimum absolute atomic E-state index is 0.116. The summed E-state index contributed by atoms with van der Waals surface area (Å²) in [6.45, 7) is 1.74. The number of benzene rings is 1. The van der Waals surface area contributed by atoms with Gasteiger partial charge in [-0.15, -0.1) is 0 Å². The molecule has 0 saturated carbocycles. The molecule has 18 heavy (non-hydrogen) atoms. The molecule has 1 unspecified atom stereocenters. The van der Waals surface area contributed by atoms with Crippen molar-refractivity contribution in [2.45, 2.75) is 13.0 Å². The SMILES string of the molecule is Cc1ccoc1C(NN)c1ccc(F)c(F)c1F. The van der Waals surface area contributed by atoms with Gasteiger partial charge >= 0.3 is 0 Å². The van der Waals surface area contributed by atoms with Crippen molar-refractivity contribution >= 4 is 0 Å². The van der Waals surface area contributed by atoms with E-state index in [2.05, 4.69) is 5.43 Å². The third-order valence-corrected chi connectivity index (χ3v) is 2.71. The van der Waals surface area contributed by atoms with Crippen molar-refractivity contribution in [3.63, 3.8) is 0 Å². The van der Waals surface area contributed by atoms with Crippen LogP contribution in [-0.4, -0.2) is 0 Å². The maximum Gasteiger partial charge on any atom is 0.194 e. The van der Waals surface area contributed by atoms with Gasteiger partial charge in [-0.3, -0.25) is 5.84 Å². The normalized spacial score (nSPS) is 12.7. The Hall–Kier alpha value is -1.79. The van der Waals surface area contributed by atoms with Gasteiger partial charge < -0.3 is 4.42 Å². The van der Waals surface area contributed by atoms with Crippen LogP contribution in [0.15, 0.2) is 28.9 Å². The van der Waals surface area contributed by atoms with Gasteiger partial charge in [0.25, 0.3) is 0 Å². The van der Waals surface area contributed by atoms with Crippen LogP contribution in [0.2, 0.25) is 0 Å². The minimum Gasteiger partial charge on any atom is -0.467 e. The summed E-state index contributed by atoms with van der Waals surface area (Å²) in [4.78, 5) is 0. The molecule has 0 amide bonds. The molecule has 1 heterocycles. The summed E-state index contributed by atoms with van der Waals surface area (Å²) >= 11 is 0. The fourth-order valence-electron chi connectivity index (χ4n) is 1.75. The molecule has 2 aromatic rings. The first-order valence-corrected chi connectivity index (χ1v) is 5.19. The Kier molecular flexibility index (Phi) is 3.40. The number of nitrogens with one attached hydrogen (secondary N) is 1. The molecule has 3 nitrogen and oxygen atoms in total. The number of hydrogen-bond acceptors (Lipinski definition) is 3. The fourth-order valence-corrected chi connectivity index (χ4v) is 1.75. The number of hydrazine groups is 1. The first-order valence-electron chi connectivity index (χ1n) is 5.19. The van der Waals surface area contributed by atoms with Gasteiger partial charge in [-0.1, -0.05) is 6.07 Å². The first kappa shape index (κ1) is 12.7. The van der Waals surface area contributed by atoms with Crippen molar-refractivity contribution in [3.8, 4) is 0 Å². The van der Waals surface area contributed by atoms with Crippen LogP contribution in [0.3, 0.4) is 0 Å². The van der Waals surface area contributed by atoms with Crippen LogP contribution < -0.4 is 11.3 Å². The van der Waals surface area contributed by atoms with Crippen molar-refractivity contribution in [2.24, 2.45) is 5.84 Å². The van der Waals surface area contributed by atoms with E-state index in [1.54, 1.807) is 13.0 Å². The maximum atomic E-state index is 13.7. The van der Waals surface area contributed by atoms with E-state index < -0.39 is 23.5 Å². The highest BCUT2D eigenvalue weighted by atomic mass is 19.2. The fraction of sp³-hybridized carbons (Fsp3) is 0.167. The quantitative estimate of drug-likeness (QED) is 0.504.